The number of fused-ring (bicyclic) bond motifs is 1. The summed E-state index contributed by atoms with van der Waals surface area (Å²) in [6.45, 7) is 0. The second kappa shape index (κ2) is 4.16. The van der Waals surface area contributed by atoms with Crippen LogP contribution in [0.4, 0.5) is 0 Å². The van der Waals surface area contributed by atoms with E-state index in [1.54, 1.807) is 18.2 Å². The number of benzene rings is 1. The fraction of sp³-hybridized carbons (Fsp3) is 0.182. The molecule has 0 aliphatic heterocycles. The molecule has 1 heterocycles. The van der Waals surface area contributed by atoms with E-state index in [2.05, 4.69) is 4.98 Å². The summed E-state index contributed by atoms with van der Waals surface area (Å²) in [5, 5.41) is 1.15. The molecule has 1 aromatic heterocycles. The molecule has 0 spiro atoms. The topological polar surface area (TPSA) is 67.0 Å². The first-order valence-corrected chi connectivity index (χ1v) is 7.29. The number of aromatic amines is 1. The molecule has 0 aliphatic carbocycles. The van der Waals surface area contributed by atoms with E-state index in [1.165, 1.54) is 6.20 Å². The lowest BCUT2D eigenvalue weighted by atomic mass is 10.1. The molecule has 0 amide bonds. The van der Waals surface area contributed by atoms with Crippen LogP contribution < -0.4 is 0 Å². The van der Waals surface area contributed by atoms with Crippen molar-refractivity contribution in [3.05, 3.63) is 35.0 Å². The number of halogens is 1. The Morgan fingerprint density at radius 3 is 2.76 bits per heavy atom. The molecule has 0 unspecified atom stereocenters. The highest BCUT2D eigenvalue weighted by Crippen LogP contribution is 2.25. The summed E-state index contributed by atoms with van der Waals surface area (Å²) in [6.07, 6.45) is 2.52. The van der Waals surface area contributed by atoms with Crippen LogP contribution in [0.15, 0.2) is 24.4 Å². The van der Waals surface area contributed by atoms with E-state index in [0.29, 0.717) is 21.5 Å². The molecular formula is C11H10ClNO3S. The minimum Gasteiger partial charge on any atom is -0.359 e. The van der Waals surface area contributed by atoms with E-state index >= 15 is 0 Å². The first-order chi connectivity index (χ1) is 7.88. The van der Waals surface area contributed by atoms with Crippen molar-refractivity contribution in [2.45, 2.75) is 0 Å². The van der Waals surface area contributed by atoms with E-state index in [-0.39, 0.29) is 0 Å². The Bertz CT molecular complexity index is 688. The zero-order chi connectivity index (χ0) is 12.6. The summed E-state index contributed by atoms with van der Waals surface area (Å²) in [5.74, 6) is -0.923. The van der Waals surface area contributed by atoms with Gasteiger partial charge < -0.3 is 4.98 Å². The zero-order valence-electron chi connectivity index (χ0n) is 9.03. The second-order valence-electron chi connectivity index (χ2n) is 3.86. The molecule has 2 rings (SSSR count). The van der Waals surface area contributed by atoms with Crippen LogP contribution in [-0.2, 0) is 9.84 Å². The first-order valence-electron chi connectivity index (χ1n) is 4.85. The van der Waals surface area contributed by atoms with Gasteiger partial charge in [-0.3, -0.25) is 4.79 Å². The van der Waals surface area contributed by atoms with Crippen LogP contribution in [0.2, 0.25) is 5.02 Å². The Morgan fingerprint density at radius 1 is 1.41 bits per heavy atom. The minimum atomic E-state index is -3.32. The highest BCUT2D eigenvalue weighted by atomic mass is 35.5. The van der Waals surface area contributed by atoms with Gasteiger partial charge in [-0.05, 0) is 6.07 Å². The number of hydrogen-bond acceptors (Lipinski definition) is 3. The number of sulfone groups is 1. The number of ketones is 1. The molecule has 1 aromatic carbocycles. The van der Waals surface area contributed by atoms with Gasteiger partial charge in [0, 0.05) is 23.4 Å². The Morgan fingerprint density at radius 2 is 2.12 bits per heavy atom. The van der Waals surface area contributed by atoms with Gasteiger partial charge in [-0.1, -0.05) is 23.7 Å². The van der Waals surface area contributed by atoms with Crippen molar-refractivity contribution in [2.75, 3.05) is 12.0 Å². The molecule has 4 nitrogen and oxygen atoms in total. The monoisotopic (exact) mass is 271 g/mol. The average molecular weight is 272 g/mol. The lowest BCUT2D eigenvalue weighted by Gasteiger charge is -1.98. The third-order valence-electron chi connectivity index (χ3n) is 2.36. The molecule has 2 aromatic rings. The van der Waals surface area contributed by atoms with Crippen LogP contribution >= 0.6 is 11.6 Å². The maximum Gasteiger partial charge on any atom is 0.179 e. The van der Waals surface area contributed by atoms with Gasteiger partial charge >= 0.3 is 0 Å². The van der Waals surface area contributed by atoms with Crippen molar-refractivity contribution in [1.82, 2.24) is 4.98 Å². The smallest absolute Gasteiger partial charge is 0.179 e. The number of nitrogens with one attached hydrogen (secondary N) is 1. The summed E-state index contributed by atoms with van der Waals surface area (Å²) < 4.78 is 22.2. The van der Waals surface area contributed by atoms with E-state index in [9.17, 15) is 13.2 Å². The summed E-state index contributed by atoms with van der Waals surface area (Å²) in [7, 11) is -3.32. The molecule has 90 valence electrons. The van der Waals surface area contributed by atoms with Gasteiger partial charge in [-0.25, -0.2) is 8.42 Å². The number of aromatic nitrogens is 1. The Labute approximate surface area is 104 Å². The number of rotatable bonds is 3. The molecule has 0 fully saturated rings. The number of hydrogen-bond donors (Lipinski definition) is 1. The van der Waals surface area contributed by atoms with Crippen molar-refractivity contribution in [3.63, 3.8) is 0 Å². The normalized spacial score (nSPS) is 11.9. The molecule has 0 bridgehead atoms. The zero-order valence-corrected chi connectivity index (χ0v) is 10.6. The summed E-state index contributed by atoms with van der Waals surface area (Å²) in [4.78, 5) is 14.7. The quantitative estimate of drug-likeness (QED) is 0.869. The minimum absolute atomic E-state index is 0.355. The van der Waals surface area contributed by atoms with Gasteiger partial charge in [0.05, 0.1) is 10.5 Å². The number of carbonyl (C=O) groups is 1. The summed E-state index contributed by atoms with van der Waals surface area (Å²) >= 11 is 5.95. The van der Waals surface area contributed by atoms with Gasteiger partial charge in [0.15, 0.2) is 15.6 Å². The lowest BCUT2D eigenvalue weighted by Crippen LogP contribution is -2.14. The van der Waals surface area contributed by atoms with Gasteiger partial charge in [0.25, 0.3) is 0 Å². The number of carbonyl (C=O) groups excluding carboxylic acids is 1. The third kappa shape index (κ3) is 2.50. The Balaban J connectivity index is 2.50. The summed E-state index contributed by atoms with van der Waals surface area (Å²) in [5.41, 5.74) is 0.999. The third-order valence-corrected chi connectivity index (χ3v) is 3.46. The fourth-order valence-electron chi connectivity index (χ4n) is 1.66. The highest BCUT2D eigenvalue weighted by molar-refractivity contribution is 7.91. The first kappa shape index (κ1) is 12.1. The van der Waals surface area contributed by atoms with E-state index in [0.717, 1.165) is 6.26 Å². The Kier molecular flexibility index (Phi) is 2.97. The van der Waals surface area contributed by atoms with Crippen molar-refractivity contribution in [3.8, 4) is 0 Å². The second-order valence-corrected chi connectivity index (χ2v) is 6.41. The highest BCUT2D eigenvalue weighted by Gasteiger charge is 2.17. The summed E-state index contributed by atoms with van der Waals surface area (Å²) in [6, 6.07) is 5.15. The number of H-pyrrole nitrogens is 1. The van der Waals surface area contributed by atoms with E-state index in [1.807, 2.05) is 0 Å². The van der Waals surface area contributed by atoms with Crippen molar-refractivity contribution >= 4 is 38.1 Å². The van der Waals surface area contributed by atoms with Crippen LogP contribution in [0.5, 0.6) is 0 Å². The molecular weight excluding hydrogens is 262 g/mol. The van der Waals surface area contributed by atoms with Crippen LogP contribution in [0.3, 0.4) is 0 Å². The van der Waals surface area contributed by atoms with Gasteiger partial charge in [0.1, 0.15) is 5.75 Å². The van der Waals surface area contributed by atoms with Gasteiger partial charge in [0.2, 0.25) is 0 Å². The average Bonchev–Trinajstić information content (AvgIpc) is 2.60. The van der Waals surface area contributed by atoms with Crippen LogP contribution in [0.1, 0.15) is 10.4 Å². The molecule has 0 saturated carbocycles. The van der Waals surface area contributed by atoms with E-state index in [4.69, 9.17) is 11.6 Å². The molecule has 0 saturated heterocycles. The van der Waals surface area contributed by atoms with Crippen LogP contribution in [0.25, 0.3) is 10.9 Å². The molecule has 0 aliphatic rings. The maximum absolute atomic E-state index is 11.8. The molecule has 0 atom stereocenters. The molecule has 1 N–H and O–H groups in total. The van der Waals surface area contributed by atoms with Gasteiger partial charge in [-0.2, -0.15) is 0 Å². The van der Waals surface area contributed by atoms with Gasteiger partial charge in [-0.15, -0.1) is 0 Å². The maximum atomic E-state index is 11.8. The molecule has 6 heteroatoms. The van der Waals surface area contributed by atoms with E-state index < -0.39 is 21.4 Å². The number of para-hydroxylation sites is 1. The predicted molar refractivity (Wildman–Crippen MR) is 67.4 cm³/mol. The van der Waals surface area contributed by atoms with Crippen LogP contribution in [0, 0.1) is 0 Å². The molecule has 17 heavy (non-hydrogen) atoms. The largest absolute Gasteiger partial charge is 0.359 e. The van der Waals surface area contributed by atoms with Crippen molar-refractivity contribution in [2.24, 2.45) is 0 Å². The lowest BCUT2D eigenvalue weighted by molar-refractivity contribution is 0.102. The van der Waals surface area contributed by atoms with Crippen molar-refractivity contribution in [1.29, 1.82) is 0 Å². The SMILES string of the molecule is CS(=O)(=O)CC(=O)c1c[nH]c2c(Cl)cccc12. The fourth-order valence-corrected chi connectivity index (χ4v) is 2.52. The molecule has 0 radical (unpaired) electrons. The standard InChI is InChI=1S/C11H10ClNO3S/c1-17(15,16)6-10(14)8-5-13-11-7(8)3-2-4-9(11)12/h2-5,13H,6H2,1H3. The Hall–Kier alpha value is -1.33. The predicted octanol–water partition coefficient (Wildman–Crippen LogP) is 2.05. The van der Waals surface area contributed by atoms with Crippen molar-refractivity contribution < 1.29 is 13.2 Å². The van der Waals surface area contributed by atoms with Crippen LogP contribution in [-0.4, -0.2) is 31.2 Å². The number of Topliss-reactive ketones (excluding diaryl/α,β-unsaturated/α-hetero) is 1.